The molecule has 0 aliphatic rings. The van der Waals surface area contributed by atoms with Crippen molar-refractivity contribution in [1.29, 1.82) is 0 Å². The van der Waals surface area contributed by atoms with Crippen molar-refractivity contribution in [3.05, 3.63) is 41.8 Å². The zero-order valence-electron chi connectivity index (χ0n) is 15.9. The van der Waals surface area contributed by atoms with Gasteiger partial charge in [-0.3, -0.25) is 9.36 Å². The lowest BCUT2D eigenvalue weighted by molar-refractivity contribution is -0.119. The number of hydrogen-bond donors (Lipinski definition) is 1. The summed E-state index contributed by atoms with van der Waals surface area (Å²) in [6, 6.07) is 11.6. The van der Waals surface area contributed by atoms with Gasteiger partial charge in [0.25, 0.3) is 0 Å². The molecule has 28 heavy (non-hydrogen) atoms. The zero-order valence-corrected chi connectivity index (χ0v) is 17.5. The van der Waals surface area contributed by atoms with Crippen LogP contribution in [-0.4, -0.2) is 53.3 Å². The van der Waals surface area contributed by atoms with E-state index in [2.05, 4.69) is 15.5 Å². The van der Waals surface area contributed by atoms with E-state index in [-0.39, 0.29) is 17.7 Å². The van der Waals surface area contributed by atoms with Crippen LogP contribution in [0.15, 0.2) is 46.9 Å². The maximum absolute atomic E-state index is 12.2. The molecule has 148 valence electrons. The number of thioether (sulfide) groups is 1. The fourth-order valence-electron chi connectivity index (χ4n) is 2.70. The van der Waals surface area contributed by atoms with Crippen LogP contribution >= 0.6 is 23.1 Å². The van der Waals surface area contributed by atoms with E-state index in [0.717, 1.165) is 16.4 Å². The minimum Gasteiger partial charge on any atom is -0.495 e. The molecule has 0 aliphatic carbocycles. The van der Waals surface area contributed by atoms with E-state index in [1.54, 1.807) is 25.6 Å². The van der Waals surface area contributed by atoms with E-state index in [1.807, 2.05) is 53.3 Å². The number of thiophene rings is 1. The maximum atomic E-state index is 12.2. The third-order valence-electron chi connectivity index (χ3n) is 3.86. The monoisotopic (exact) mass is 418 g/mol. The van der Waals surface area contributed by atoms with Crippen LogP contribution in [-0.2, 0) is 9.53 Å². The van der Waals surface area contributed by atoms with E-state index in [1.165, 1.54) is 11.8 Å². The number of amides is 1. The predicted molar refractivity (Wildman–Crippen MR) is 111 cm³/mol. The number of hydrogen-bond acceptors (Lipinski definition) is 7. The Bertz CT molecular complexity index is 912. The summed E-state index contributed by atoms with van der Waals surface area (Å²) in [6.45, 7) is 2.37. The lowest BCUT2D eigenvalue weighted by Crippen LogP contribution is -2.36. The highest BCUT2D eigenvalue weighted by Crippen LogP contribution is 2.33. The van der Waals surface area contributed by atoms with Gasteiger partial charge in [-0.2, -0.15) is 0 Å². The van der Waals surface area contributed by atoms with Crippen LogP contribution in [0.25, 0.3) is 16.4 Å². The first-order chi connectivity index (χ1) is 13.6. The van der Waals surface area contributed by atoms with E-state index in [9.17, 15) is 4.79 Å². The summed E-state index contributed by atoms with van der Waals surface area (Å²) in [5.74, 6) is 1.57. The minimum atomic E-state index is -0.0817. The minimum absolute atomic E-state index is 0.0492. The molecule has 0 unspecified atom stereocenters. The quantitative estimate of drug-likeness (QED) is 0.538. The molecule has 0 saturated heterocycles. The van der Waals surface area contributed by atoms with Gasteiger partial charge in [0.2, 0.25) is 5.91 Å². The first-order valence-corrected chi connectivity index (χ1v) is 10.5. The molecular weight excluding hydrogens is 396 g/mol. The highest BCUT2D eigenvalue weighted by Gasteiger charge is 2.20. The Hall–Kier alpha value is -2.36. The van der Waals surface area contributed by atoms with Gasteiger partial charge in [0, 0.05) is 13.2 Å². The molecular formula is C19H22N4O3S2. The molecule has 3 aromatic rings. The molecule has 1 aromatic carbocycles. The van der Waals surface area contributed by atoms with E-state index < -0.39 is 0 Å². The topological polar surface area (TPSA) is 78.3 Å². The average Bonchev–Trinajstić information content (AvgIpc) is 3.36. The Morgan fingerprint density at radius 2 is 2.07 bits per heavy atom. The Morgan fingerprint density at radius 1 is 1.25 bits per heavy atom. The second-order valence-electron chi connectivity index (χ2n) is 6.00. The molecule has 0 fully saturated rings. The first-order valence-electron chi connectivity index (χ1n) is 8.67. The number of methoxy groups -OCH3 is 2. The van der Waals surface area contributed by atoms with Crippen molar-refractivity contribution in [2.24, 2.45) is 0 Å². The Kier molecular flexibility index (Phi) is 7.07. The standard InChI is InChI=1S/C19H22N4O3S2/c1-13(11-25-2)20-17(24)12-28-19-22-21-18(16-9-6-10-27-16)23(19)14-7-4-5-8-15(14)26-3/h4-10,13H,11-12H2,1-3H3,(H,20,24)/t13-/m1/s1. The van der Waals surface area contributed by atoms with Gasteiger partial charge in [-0.25, -0.2) is 0 Å². The van der Waals surface area contributed by atoms with Gasteiger partial charge in [0.15, 0.2) is 11.0 Å². The van der Waals surface area contributed by atoms with Crippen LogP contribution in [0.5, 0.6) is 5.75 Å². The van der Waals surface area contributed by atoms with Crippen LogP contribution in [0.1, 0.15) is 6.92 Å². The summed E-state index contributed by atoms with van der Waals surface area (Å²) >= 11 is 2.92. The van der Waals surface area contributed by atoms with Gasteiger partial charge in [0.1, 0.15) is 5.75 Å². The summed E-state index contributed by atoms with van der Waals surface area (Å²) in [6.07, 6.45) is 0. The summed E-state index contributed by atoms with van der Waals surface area (Å²) in [4.78, 5) is 13.2. The Balaban J connectivity index is 1.89. The molecule has 0 spiro atoms. The smallest absolute Gasteiger partial charge is 0.230 e. The molecule has 0 radical (unpaired) electrons. The second-order valence-corrected chi connectivity index (χ2v) is 7.89. The van der Waals surface area contributed by atoms with Gasteiger partial charge in [-0.05, 0) is 30.5 Å². The van der Waals surface area contributed by atoms with Gasteiger partial charge in [-0.15, -0.1) is 21.5 Å². The molecule has 0 aliphatic heterocycles. The molecule has 3 rings (SSSR count). The van der Waals surface area contributed by atoms with Crippen molar-refractivity contribution in [1.82, 2.24) is 20.1 Å². The number of nitrogens with one attached hydrogen (secondary N) is 1. The van der Waals surface area contributed by atoms with Crippen LogP contribution in [0.2, 0.25) is 0 Å². The van der Waals surface area contributed by atoms with E-state index in [4.69, 9.17) is 9.47 Å². The predicted octanol–water partition coefficient (Wildman–Crippen LogP) is 3.25. The third-order valence-corrected chi connectivity index (χ3v) is 5.65. The SMILES string of the molecule is COC[C@@H](C)NC(=O)CSc1nnc(-c2cccs2)n1-c1ccccc1OC. The highest BCUT2D eigenvalue weighted by atomic mass is 32.2. The molecule has 1 amide bonds. The summed E-state index contributed by atoms with van der Waals surface area (Å²) < 4.78 is 12.5. The molecule has 1 N–H and O–H groups in total. The number of carbonyl (C=O) groups is 1. The van der Waals surface area contributed by atoms with Crippen LogP contribution in [0.3, 0.4) is 0 Å². The number of benzene rings is 1. The molecule has 7 nitrogen and oxygen atoms in total. The van der Waals surface area contributed by atoms with Crippen molar-refractivity contribution in [2.75, 3.05) is 26.6 Å². The van der Waals surface area contributed by atoms with Crippen molar-refractivity contribution in [3.63, 3.8) is 0 Å². The van der Waals surface area contributed by atoms with Gasteiger partial charge >= 0.3 is 0 Å². The van der Waals surface area contributed by atoms with Crippen molar-refractivity contribution in [3.8, 4) is 22.1 Å². The average molecular weight is 419 g/mol. The molecule has 1 atom stereocenters. The lowest BCUT2D eigenvalue weighted by Gasteiger charge is -2.14. The summed E-state index contributed by atoms with van der Waals surface area (Å²) in [7, 11) is 3.24. The fraction of sp³-hybridized carbons (Fsp3) is 0.316. The van der Waals surface area contributed by atoms with Crippen LogP contribution in [0.4, 0.5) is 0 Å². The van der Waals surface area contributed by atoms with E-state index in [0.29, 0.717) is 17.5 Å². The third kappa shape index (κ3) is 4.73. The van der Waals surface area contributed by atoms with Gasteiger partial charge in [-0.1, -0.05) is 30.0 Å². The number of nitrogens with zero attached hydrogens (tertiary/aromatic N) is 3. The van der Waals surface area contributed by atoms with Crippen LogP contribution < -0.4 is 10.1 Å². The van der Waals surface area contributed by atoms with Crippen molar-refractivity contribution < 1.29 is 14.3 Å². The van der Waals surface area contributed by atoms with Gasteiger partial charge in [0.05, 0.1) is 30.0 Å². The summed E-state index contributed by atoms with van der Waals surface area (Å²) in [5, 5.41) is 14.2. The molecule has 2 heterocycles. The highest BCUT2D eigenvalue weighted by molar-refractivity contribution is 7.99. The largest absolute Gasteiger partial charge is 0.495 e. The number of aromatic nitrogens is 3. The number of ether oxygens (including phenoxy) is 2. The molecule has 0 saturated carbocycles. The van der Waals surface area contributed by atoms with Gasteiger partial charge < -0.3 is 14.8 Å². The molecule has 0 bridgehead atoms. The summed E-state index contributed by atoms with van der Waals surface area (Å²) in [5.41, 5.74) is 0.828. The number of para-hydroxylation sites is 2. The zero-order chi connectivity index (χ0) is 19.9. The first kappa shape index (κ1) is 20.4. The van der Waals surface area contributed by atoms with E-state index >= 15 is 0 Å². The maximum Gasteiger partial charge on any atom is 0.230 e. The molecule has 9 heteroatoms. The van der Waals surface area contributed by atoms with Crippen molar-refractivity contribution in [2.45, 2.75) is 18.1 Å². The second kappa shape index (κ2) is 9.72. The number of rotatable bonds is 9. The fourth-order valence-corrected chi connectivity index (χ4v) is 4.15. The number of carbonyl (C=O) groups excluding carboxylic acids is 1. The Labute approximate surface area is 172 Å². The van der Waals surface area contributed by atoms with Crippen molar-refractivity contribution >= 4 is 29.0 Å². The lowest BCUT2D eigenvalue weighted by atomic mass is 10.3. The van der Waals surface area contributed by atoms with Crippen LogP contribution in [0, 0.1) is 0 Å². The molecule has 2 aromatic heterocycles. The normalized spacial score (nSPS) is 12.0. The Morgan fingerprint density at radius 3 is 2.79 bits per heavy atom.